The van der Waals surface area contributed by atoms with E-state index in [1.54, 1.807) is 14.2 Å². The lowest BCUT2D eigenvalue weighted by molar-refractivity contribution is -0.143. The maximum atomic E-state index is 13.1. The number of carbonyl (C=O) groups excluding carboxylic acids is 1. The number of esters is 1. The Bertz CT molecular complexity index is 1150. The maximum absolute atomic E-state index is 13.1. The molecule has 1 aromatic heterocycles. The average Bonchev–Trinajstić information content (AvgIpc) is 3.09. The van der Waals surface area contributed by atoms with Crippen molar-refractivity contribution >= 4 is 23.0 Å². The average molecular weight is 407 g/mol. The van der Waals surface area contributed by atoms with Gasteiger partial charge in [0.2, 0.25) is 5.95 Å². The van der Waals surface area contributed by atoms with Crippen molar-refractivity contribution in [1.82, 2.24) is 9.55 Å². The molecule has 0 bridgehead atoms. The van der Waals surface area contributed by atoms with Crippen LogP contribution in [-0.4, -0.2) is 35.8 Å². The number of nitrogens with one attached hydrogen (secondary N) is 1. The quantitative estimate of drug-likeness (QED) is 0.636. The molecule has 1 aliphatic heterocycles. The molecule has 2 aromatic carbocycles. The van der Waals surface area contributed by atoms with Gasteiger partial charge in [-0.2, -0.15) is 0 Å². The summed E-state index contributed by atoms with van der Waals surface area (Å²) >= 11 is 0. The Labute approximate surface area is 175 Å². The number of carbonyl (C=O) groups is 1. The summed E-state index contributed by atoms with van der Waals surface area (Å²) in [5, 5.41) is 3.28. The molecular weight excluding hydrogens is 382 g/mol. The van der Waals surface area contributed by atoms with Crippen molar-refractivity contribution in [1.29, 1.82) is 0 Å². The topological polar surface area (TPSA) is 74.6 Å². The standard InChI is InChI=1S/C23H25N3O4/c1-13(2)30-22(27)20-14(3)24-23-25-16-8-6-7-9-17(16)26(23)21(20)15-10-11-18(28-4)19(12-15)29-5/h6-13,21H,1-5H3,(H,24,25)/t21-/m0/s1. The fraction of sp³-hybridized carbons (Fsp3) is 0.304. The number of nitrogens with zero attached hydrogens (tertiary/aromatic N) is 2. The number of para-hydroxylation sites is 2. The van der Waals surface area contributed by atoms with Gasteiger partial charge in [0, 0.05) is 5.70 Å². The van der Waals surface area contributed by atoms with Crippen LogP contribution in [0.1, 0.15) is 32.4 Å². The van der Waals surface area contributed by atoms with Crippen LogP contribution in [-0.2, 0) is 9.53 Å². The van der Waals surface area contributed by atoms with Gasteiger partial charge in [-0.15, -0.1) is 0 Å². The summed E-state index contributed by atoms with van der Waals surface area (Å²) in [6.07, 6.45) is -0.232. The van der Waals surface area contributed by atoms with E-state index in [0.717, 1.165) is 16.6 Å². The van der Waals surface area contributed by atoms with Crippen LogP contribution in [0.3, 0.4) is 0 Å². The van der Waals surface area contributed by atoms with E-state index >= 15 is 0 Å². The molecule has 4 rings (SSSR count). The molecule has 3 aromatic rings. The number of methoxy groups -OCH3 is 2. The first-order valence-electron chi connectivity index (χ1n) is 9.82. The van der Waals surface area contributed by atoms with Crippen LogP contribution in [0.15, 0.2) is 53.7 Å². The molecule has 1 aliphatic rings. The number of rotatable bonds is 5. The molecule has 0 aliphatic carbocycles. The maximum Gasteiger partial charge on any atom is 0.338 e. The van der Waals surface area contributed by atoms with Gasteiger partial charge in [0.15, 0.2) is 11.5 Å². The van der Waals surface area contributed by atoms with E-state index in [9.17, 15) is 4.79 Å². The van der Waals surface area contributed by atoms with Gasteiger partial charge in [0.05, 0.1) is 43.0 Å². The number of benzene rings is 2. The smallest absolute Gasteiger partial charge is 0.338 e. The Morgan fingerprint density at radius 1 is 1.10 bits per heavy atom. The molecule has 0 saturated heterocycles. The lowest BCUT2D eigenvalue weighted by Crippen LogP contribution is -2.30. The normalized spacial score (nSPS) is 15.7. The largest absolute Gasteiger partial charge is 0.493 e. The highest BCUT2D eigenvalue weighted by molar-refractivity contribution is 5.94. The van der Waals surface area contributed by atoms with E-state index in [2.05, 4.69) is 5.32 Å². The van der Waals surface area contributed by atoms with Gasteiger partial charge in [-0.25, -0.2) is 9.78 Å². The molecule has 0 saturated carbocycles. The predicted molar refractivity (Wildman–Crippen MR) is 115 cm³/mol. The molecule has 0 amide bonds. The Balaban J connectivity index is 1.96. The number of allylic oxidation sites excluding steroid dienone is 1. The number of anilines is 1. The molecule has 7 heteroatoms. The third-order valence-electron chi connectivity index (χ3n) is 5.12. The van der Waals surface area contributed by atoms with E-state index in [4.69, 9.17) is 19.2 Å². The van der Waals surface area contributed by atoms with Crippen LogP contribution in [0.4, 0.5) is 5.95 Å². The zero-order valence-corrected chi connectivity index (χ0v) is 17.7. The Kier molecular flexibility index (Phi) is 5.11. The minimum absolute atomic E-state index is 0.232. The number of imidazole rings is 1. The Morgan fingerprint density at radius 3 is 2.53 bits per heavy atom. The second-order valence-electron chi connectivity index (χ2n) is 7.43. The first-order chi connectivity index (χ1) is 14.4. The first kappa shape index (κ1) is 19.8. The van der Waals surface area contributed by atoms with Crippen LogP contribution in [0, 0.1) is 0 Å². The zero-order valence-electron chi connectivity index (χ0n) is 17.7. The van der Waals surface area contributed by atoms with E-state index in [-0.39, 0.29) is 12.1 Å². The molecule has 2 heterocycles. The SMILES string of the molecule is COc1ccc([C@H]2C(C(=O)OC(C)C)=C(C)Nc3nc4ccccc4n32)cc1OC. The lowest BCUT2D eigenvalue weighted by atomic mass is 9.94. The third-order valence-corrected chi connectivity index (χ3v) is 5.12. The summed E-state index contributed by atoms with van der Waals surface area (Å²) in [5.74, 6) is 1.53. The number of hydrogen-bond acceptors (Lipinski definition) is 6. The highest BCUT2D eigenvalue weighted by Gasteiger charge is 2.35. The summed E-state index contributed by atoms with van der Waals surface area (Å²) in [6, 6.07) is 13.1. The van der Waals surface area contributed by atoms with Crippen molar-refractivity contribution < 1.29 is 19.0 Å². The highest BCUT2D eigenvalue weighted by atomic mass is 16.5. The fourth-order valence-electron chi connectivity index (χ4n) is 3.84. The second kappa shape index (κ2) is 7.74. The summed E-state index contributed by atoms with van der Waals surface area (Å²) in [5.41, 5.74) is 3.88. The van der Waals surface area contributed by atoms with Crippen LogP contribution < -0.4 is 14.8 Å². The van der Waals surface area contributed by atoms with E-state index in [1.807, 2.05) is 67.8 Å². The van der Waals surface area contributed by atoms with Crippen molar-refractivity contribution in [3.8, 4) is 11.5 Å². The van der Waals surface area contributed by atoms with Crippen molar-refractivity contribution in [2.45, 2.75) is 32.9 Å². The number of ether oxygens (including phenoxy) is 3. The second-order valence-corrected chi connectivity index (χ2v) is 7.43. The van der Waals surface area contributed by atoms with E-state index in [1.165, 1.54) is 0 Å². The fourth-order valence-corrected chi connectivity index (χ4v) is 3.84. The summed E-state index contributed by atoms with van der Waals surface area (Å²) in [4.78, 5) is 17.9. The van der Waals surface area contributed by atoms with Crippen molar-refractivity contribution in [3.63, 3.8) is 0 Å². The van der Waals surface area contributed by atoms with Crippen LogP contribution >= 0.6 is 0 Å². The predicted octanol–water partition coefficient (Wildman–Crippen LogP) is 4.29. The molecular formula is C23H25N3O4. The van der Waals surface area contributed by atoms with Crippen molar-refractivity contribution in [3.05, 3.63) is 59.3 Å². The van der Waals surface area contributed by atoms with Gasteiger partial charge in [-0.3, -0.25) is 4.57 Å². The molecule has 1 N–H and O–H groups in total. The van der Waals surface area contributed by atoms with Gasteiger partial charge in [0.1, 0.15) is 0 Å². The van der Waals surface area contributed by atoms with E-state index in [0.29, 0.717) is 28.7 Å². The molecule has 0 unspecified atom stereocenters. The Hall–Kier alpha value is -3.48. The van der Waals surface area contributed by atoms with Crippen molar-refractivity contribution in [2.75, 3.05) is 19.5 Å². The number of hydrogen-bond donors (Lipinski definition) is 1. The molecule has 7 nitrogen and oxygen atoms in total. The van der Waals surface area contributed by atoms with Crippen LogP contribution in [0.2, 0.25) is 0 Å². The lowest BCUT2D eigenvalue weighted by Gasteiger charge is -2.31. The van der Waals surface area contributed by atoms with Gasteiger partial charge in [0.25, 0.3) is 0 Å². The molecule has 0 fully saturated rings. The molecule has 0 spiro atoms. The summed E-state index contributed by atoms with van der Waals surface area (Å²) < 4.78 is 18.5. The summed E-state index contributed by atoms with van der Waals surface area (Å²) in [7, 11) is 3.19. The minimum Gasteiger partial charge on any atom is -0.493 e. The van der Waals surface area contributed by atoms with E-state index < -0.39 is 6.04 Å². The zero-order chi connectivity index (χ0) is 21.4. The molecule has 0 radical (unpaired) electrons. The van der Waals surface area contributed by atoms with Crippen LogP contribution in [0.5, 0.6) is 11.5 Å². The minimum atomic E-state index is -0.431. The third kappa shape index (κ3) is 3.26. The Morgan fingerprint density at radius 2 is 1.83 bits per heavy atom. The number of fused-ring (bicyclic) bond motifs is 3. The summed E-state index contributed by atoms with van der Waals surface area (Å²) in [6.45, 7) is 5.55. The molecule has 156 valence electrons. The molecule has 1 atom stereocenters. The van der Waals surface area contributed by atoms with Crippen LogP contribution in [0.25, 0.3) is 11.0 Å². The van der Waals surface area contributed by atoms with Gasteiger partial charge < -0.3 is 19.5 Å². The van der Waals surface area contributed by atoms with Gasteiger partial charge in [-0.05, 0) is 50.6 Å². The monoisotopic (exact) mass is 407 g/mol. The highest BCUT2D eigenvalue weighted by Crippen LogP contribution is 2.41. The molecule has 30 heavy (non-hydrogen) atoms. The van der Waals surface area contributed by atoms with Gasteiger partial charge >= 0.3 is 5.97 Å². The van der Waals surface area contributed by atoms with Crippen molar-refractivity contribution in [2.24, 2.45) is 0 Å². The van der Waals surface area contributed by atoms with Gasteiger partial charge in [-0.1, -0.05) is 18.2 Å². The number of aromatic nitrogens is 2. The first-order valence-corrected chi connectivity index (χ1v) is 9.82.